The van der Waals surface area contributed by atoms with E-state index in [1.165, 1.54) is 5.56 Å². The van der Waals surface area contributed by atoms with Gasteiger partial charge in [0.25, 0.3) is 5.91 Å². The standard InChI is InChI=1S/C23H30N4O/c1-19(2)18-25-23(28)22-17-21(10-11-24-22)27-15-13-26(14-16-27)12-6-9-20-7-4-3-5-8-20/h3-11,17,19H,12-16,18H2,1-2H3,(H,25,28)/b9-6+. The lowest BCUT2D eigenvalue weighted by Crippen LogP contribution is -2.46. The van der Waals surface area contributed by atoms with Gasteiger partial charge in [-0.25, -0.2) is 0 Å². The van der Waals surface area contributed by atoms with Crippen LogP contribution in [0.2, 0.25) is 0 Å². The molecule has 0 atom stereocenters. The van der Waals surface area contributed by atoms with Crippen LogP contribution in [0.4, 0.5) is 5.69 Å². The second-order valence-corrected chi connectivity index (χ2v) is 7.60. The maximum Gasteiger partial charge on any atom is 0.269 e. The largest absolute Gasteiger partial charge is 0.369 e. The van der Waals surface area contributed by atoms with Crippen LogP contribution in [-0.4, -0.2) is 55.1 Å². The molecule has 0 spiro atoms. The SMILES string of the molecule is CC(C)CNC(=O)c1cc(N2CCN(C/C=C/c3ccccc3)CC2)ccn1. The molecule has 0 radical (unpaired) electrons. The molecule has 1 aromatic heterocycles. The van der Waals surface area contributed by atoms with Crippen LogP contribution in [0.3, 0.4) is 0 Å². The Morgan fingerprint density at radius 1 is 1.14 bits per heavy atom. The van der Waals surface area contributed by atoms with Gasteiger partial charge in [-0.2, -0.15) is 0 Å². The van der Waals surface area contributed by atoms with Gasteiger partial charge in [-0.1, -0.05) is 56.3 Å². The molecule has 3 rings (SSSR count). The van der Waals surface area contributed by atoms with Gasteiger partial charge in [-0.3, -0.25) is 14.7 Å². The Labute approximate surface area is 168 Å². The van der Waals surface area contributed by atoms with Crippen LogP contribution in [0.5, 0.6) is 0 Å². The highest BCUT2D eigenvalue weighted by molar-refractivity contribution is 5.93. The van der Waals surface area contributed by atoms with Crippen molar-refractivity contribution in [1.29, 1.82) is 0 Å². The molecule has 1 aromatic carbocycles. The predicted octanol–water partition coefficient (Wildman–Crippen LogP) is 3.30. The molecule has 1 saturated heterocycles. The van der Waals surface area contributed by atoms with Crippen LogP contribution in [0, 0.1) is 5.92 Å². The fourth-order valence-electron chi connectivity index (χ4n) is 3.22. The molecule has 2 aromatic rings. The molecule has 1 amide bonds. The van der Waals surface area contributed by atoms with Gasteiger partial charge in [0.1, 0.15) is 5.69 Å². The van der Waals surface area contributed by atoms with Crippen molar-refractivity contribution in [2.24, 2.45) is 5.92 Å². The quantitative estimate of drug-likeness (QED) is 0.803. The Balaban J connectivity index is 1.50. The lowest BCUT2D eigenvalue weighted by Gasteiger charge is -2.35. The first-order valence-electron chi connectivity index (χ1n) is 10.0. The summed E-state index contributed by atoms with van der Waals surface area (Å²) >= 11 is 0. The lowest BCUT2D eigenvalue weighted by molar-refractivity contribution is 0.0944. The zero-order chi connectivity index (χ0) is 19.8. The van der Waals surface area contributed by atoms with Gasteiger partial charge >= 0.3 is 0 Å². The number of nitrogens with one attached hydrogen (secondary N) is 1. The predicted molar refractivity (Wildman–Crippen MR) is 116 cm³/mol. The number of piperazine rings is 1. The molecule has 1 aliphatic heterocycles. The summed E-state index contributed by atoms with van der Waals surface area (Å²) in [6.45, 7) is 9.72. The number of pyridine rings is 1. The number of nitrogens with zero attached hydrogens (tertiary/aromatic N) is 3. The smallest absolute Gasteiger partial charge is 0.269 e. The summed E-state index contributed by atoms with van der Waals surface area (Å²) in [5.74, 6) is 0.330. The van der Waals surface area contributed by atoms with E-state index in [0.717, 1.165) is 38.4 Å². The van der Waals surface area contributed by atoms with Gasteiger partial charge < -0.3 is 10.2 Å². The molecule has 0 aliphatic carbocycles. The summed E-state index contributed by atoms with van der Waals surface area (Å²) in [7, 11) is 0. The average Bonchev–Trinajstić information content (AvgIpc) is 2.73. The van der Waals surface area contributed by atoms with E-state index < -0.39 is 0 Å². The number of carbonyl (C=O) groups is 1. The summed E-state index contributed by atoms with van der Waals surface area (Å²) in [6.07, 6.45) is 6.14. The van der Waals surface area contributed by atoms with Crippen LogP contribution in [0.1, 0.15) is 29.9 Å². The summed E-state index contributed by atoms with van der Waals surface area (Å²) < 4.78 is 0. The maximum absolute atomic E-state index is 12.3. The van der Waals surface area contributed by atoms with E-state index in [9.17, 15) is 4.79 Å². The van der Waals surface area contributed by atoms with Crippen molar-refractivity contribution < 1.29 is 4.79 Å². The molecule has 148 valence electrons. The molecule has 1 aliphatic rings. The first-order chi connectivity index (χ1) is 13.6. The highest BCUT2D eigenvalue weighted by Crippen LogP contribution is 2.17. The molecular weight excluding hydrogens is 348 g/mol. The summed E-state index contributed by atoms with van der Waals surface area (Å²) in [5.41, 5.74) is 2.80. The molecule has 28 heavy (non-hydrogen) atoms. The maximum atomic E-state index is 12.3. The van der Waals surface area contributed by atoms with Crippen molar-refractivity contribution in [3.63, 3.8) is 0 Å². The van der Waals surface area contributed by atoms with E-state index in [4.69, 9.17) is 0 Å². The summed E-state index contributed by atoms with van der Waals surface area (Å²) in [6, 6.07) is 14.3. The van der Waals surface area contributed by atoms with Crippen molar-refractivity contribution >= 4 is 17.7 Å². The van der Waals surface area contributed by atoms with Crippen LogP contribution in [-0.2, 0) is 0 Å². The van der Waals surface area contributed by atoms with Gasteiger partial charge in [-0.15, -0.1) is 0 Å². The third-order valence-electron chi connectivity index (χ3n) is 4.86. The van der Waals surface area contributed by atoms with Gasteiger partial charge in [-0.05, 0) is 23.6 Å². The molecule has 1 fully saturated rings. The second kappa shape index (κ2) is 10.0. The first kappa shape index (κ1) is 20.1. The van der Waals surface area contributed by atoms with Crippen molar-refractivity contribution in [2.45, 2.75) is 13.8 Å². The Morgan fingerprint density at radius 2 is 1.89 bits per heavy atom. The van der Waals surface area contributed by atoms with E-state index in [0.29, 0.717) is 18.2 Å². The minimum Gasteiger partial charge on any atom is -0.369 e. The summed E-state index contributed by atoms with van der Waals surface area (Å²) in [4.78, 5) is 21.3. The Bertz CT molecular complexity index is 780. The average molecular weight is 379 g/mol. The number of hydrogen-bond donors (Lipinski definition) is 1. The molecule has 2 heterocycles. The van der Waals surface area contributed by atoms with Crippen molar-refractivity contribution in [2.75, 3.05) is 44.2 Å². The third-order valence-corrected chi connectivity index (χ3v) is 4.86. The topological polar surface area (TPSA) is 48.5 Å². The molecule has 5 heteroatoms. The van der Waals surface area contributed by atoms with Gasteiger partial charge in [0.15, 0.2) is 0 Å². The van der Waals surface area contributed by atoms with Gasteiger partial charge in [0.2, 0.25) is 0 Å². The third kappa shape index (κ3) is 5.92. The molecule has 0 bridgehead atoms. The Kier molecular flexibility index (Phi) is 7.20. The second-order valence-electron chi connectivity index (χ2n) is 7.60. The molecule has 1 N–H and O–H groups in total. The van der Waals surface area contributed by atoms with E-state index in [-0.39, 0.29) is 5.91 Å². The van der Waals surface area contributed by atoms with Crippen molar-refractivity contribution in [1.82, 2.24) is 15.2 Å². The fraction of sp³-hybridized carbons (Fsp3) is 0.391. The minimum atomic E-state index is -0.0970. The fourth-order valence-corrected chi connectivity index (χ4v) is 3.22. The number of amides is 1. The Hall–Kier alpha value is -2.66. The Morgan fingerprint density at radius 3 is 2.61 bits per heavy atom. The number of anilines is 1. The highest BCUT2D eigenvalue weighted by Gasteiger charge is 2.17. The minimum absolute atomic E-state index is 0.0970. The summed E-state index contributed by atoms with van der Waals surface area (Å²) in [5, 5.41) is 2.94. The van der Waals surface area contributed by atoms with Crippen LogP contribution >= 0.6 is 0 Å². The molecule has 5 nitrogen and oxygen atoms in total. The van der Waals surface area contributed by atoms with Gasteiger partial charge in [0.05, 0.1) is 0 Å². The number of benzene rings is 1. The number of hydrogen-bond acceptors (Lipinski definition) is 4. The van der Waals surface area contributed by atoms with E-state index in [2.05, 4.69) is 70.4 Å². The normalized spacial score (nSPS) is 15.3. The lowest BCUT2D eigenvalue weighted by atomic mass is 10.2. The monoisotopic (exact) mass is 378 g/mol. The van der Waals surface area contributed by atoms with E-state index >= 15 is 0 Å². The molecule has 0 unspecified atom stereocenters. The van der Waals surface area contributed by atoms with Crippen LogP contribution in [0.15, 0.2) is 54.7 Å². The molecule has 0 saturated carbocycles. The molecular formula is C23H30N4O. The zero-order valence-electron chi connectivity index (χ0n) is 16.8. The first-order valence-corrected chi connectivity index (χ1v) is 10.0. The zero-order valence-corrected chi connectivity index (χ0v) is 16.8. The number of carbonyl (C=O) groups excluding carboxylic acids is 1. The van der Waals surface area contributed by atoms with Crippen LogP contribution in [0.25, 0.3) is 6.08 Å². The van der Waals surface area contributed by atoms with E-state index in [1.807, 2.05) is 18.2 Å². The van der Waals surface area contributed by atoms with Crippen molar-refractivity contribution in [3.05, 3.63) is 66.0 Å². The number of aromatic nitrogens is 1. The van der Waals surface area contributed by atoms with Crippen molar-refractivity contribution in [3.8, 4) is 0 Å². The van der Waals surface area contributed by atoms with Crippen LogP contribution < -0.4 is 10.2 Å². The van der Waals surface area contributed by atoms with E-state index in [1.54, 1.807) is 6.20 Å². The van der Waals surface area contributed by atoms with Gasteiger partial charge in [0, 0.05) is 51.2 Å². The highest BCUT2D eigenvalue weighted by atomic mass is 16.1. The number of rotatable bonds is 7.